The second-order valence-electron chi connectivity index (χ2n) is 9.43. The van der Waals surface area contributed by atoms with Crippen molar-refractivity contribution < 1.29 is 4.57 Å². The van der Waals surface area contributed by atoms with Gasteiger partial charge in [0.1, 0.15) is 7.14 Å². The highest BCUT2D eigenvalue weighted by Crippen LogP contribution is 2.37. The van der Waals surface area contributed by atoms with Gasteiger partial charge in [-0.25, -0.2) is 9.97 Å². The Balaban J connectivity index is 1.60. The molecule has 0 spiro atoms. The summed E-state index contributed by atoms with van der Waals surface area (Å²) in [6.07, 6.45) is 0. The van der Waals surface area contributed by atoms with Crippen LogP contribution in [0.4, 0.5) is 0 Å². The van der Waals surface area contributed by atoms with E-state index >= 15 is 0 Å². The average molecular weight is 485 g/mol. The summed E-state index contributed by atoms with van der Waals surface area (Å²) in [6, 6.07) is 39.2. The lowest BCUT2D eigenvalue weighted by Crippen LogP contribution is -2.02. The molecule has 0 N–H and O–H groups in total. The van der Waals surface area contributed by atoms with E-state index in [1.54, 1.807) is 0 Å². The Morgan fingerprint density at radius 2 is 1.22 bits per heavy atom. The lowest BCUT2D eigenvalue weighted by molar-refractivity contribution is 0.588. The van der Waals surface area contributed by atoms with Gasteiger partial charge in [0.25, 0.3) is 0 Å². The van der Waals surface area contributed by atoms with Crippen molar-refractivity contribution in [1.82, 2.24) is 9.97 Å². The maximum absolute atomic E-state index is 12.7. The molecule has 6 rings (SSSR count). The zero-order valence-corrected chi connectivity index (χ0v) is 21.1. The van der Waals surface area contributed by atoms with E-state index in [1.165, 1.54) is 0 Å². The molecular formula is C32H25N2OP. The molecule has 0 saturated heterocycles. The molecule has 1 aromatic heterocycles. The van der Waals surface area contributed by atoms with Crippen molar-refractivity contribution in [3.8, 4) is 33.8 Å². The van der Waals surface area contributed by atoms with Crippen LogP contribution in [0.15, 0.2) is 115 Å². The van der Waals surface area contributed by atoms with Crippen LogP contribution in [0.1, 0.15) is 0 Å². The first-order valence-electron chi connectivity index (χ1n) is 12.0. The van der Waals surface area contributed by atoms with Crippen molar-refractivity contribution in [2.45, 2.75) is 0 Å². The summed E-state index contributed by atoms with van der Waals surface area (Å²) < 4.78 is 12.7. The fourth-order valence-electron chi connectivity index (χ4n) is 4.67. The number of hydrogen-bond donors (Lipinski definition) is 0. The maximum atomic E-state index is 12.7. The standard InChI is InChI=1S/C32H25N2OP/c1-36(2,35)27-16-9-14-25(21-27)24-13-8-15-26(20-24)30-29-19-18-22-10-6-7-17-28(22)31(29)34-32(33-30)23-11-4-3-5-12-23/h3-21H,1-2H3. The Labute approximate surface area is 210 Å². The van der Waals surface area contributed by atoms with Crippen molar-refractivity contribution >= 4 is 34.1 Å². The Hall–Kier alpha value is -4.07. The van der Waals surface area contributed by atoms with Crippen molar-refractivity contribution in [2.75, 3.05) is 13.3 Å². The van der Waals surface area contributed by atoms with E-state index in [-0.39, 0.29) is 0 Å². The minimum absolute atomic E-state index is 0.708. The summed E-state index contributed by atoms with van der Waals surface area (Å²) in [5.74, 6) is 0.708. The first kappa shape index (κ1) is 22.4. The van der Waals surface area contributed by atoms with Crippen LogP contribution in [0.3, 0.4) is 0 Å². The summed E-state index contributed by atoms with van der Waals surface area (Å²) in [7, 11) is -2.35. The van der Waals surface area contributed by atoms with Gasteiger partial charge in [-0.3, -0.25) is 0 Å². The van der Waals surface area contributed by atoms with Gasteiger partial charge in [-0.2, -0.15) is 0 Å². The molecule has 36 heavy (non-hydrogen) atoms. The molecule has 0 aliphatic heterocycles. The van der Waals surface area contributed by atoms with Gasteiger partial charge < -0.3 is 4.57 Å². The molecule has 0 radical (unpaired) electrons. The van der Waals surface area contributed by atoms with Crippen LogP contribution in [0.2, 0.25) is 0 Å². The Kier molecular flexibility index (Phi) is 5.51. The number of aromatic nitrogens is 2. The molecule has 0 amide bonds. The highest BCUT2D eigenvalue weighted by molar-refractivity contribution is 7.70. The highest BCUT2D eigenvalue weighted by Gasteiger charge is 2.15. The van der Waals surface area contributed by atoms with E-state index in [1.807, 2.05) is 61.9 Å². The molecule has 0 saturated carbocycles. The smallest absolute Gasteiger partial charge is 0.160 e. The topological polar surface area (TPSA) is 42.9 Å². The van der Waals surface area contributed by atoms with Gasteiger partial charge in [-0.1, -0.05) is 97.1 Å². The normalized spacial score (nSPS) is 11.7. The monoisotopic (exact) mass is 484 g/mol. The van der Waals surface area contributed by atoms with Crippen LogP contribution in [0, 0.1) is 0 Å². The van der Waals surface area contributed by atoms with E-state index in [0.717, 1.165) is 54.9 Å². The summed E-state index contributed by atoms with van der Waals surface area (Å²) in [5, 5.41) is 4.17. The SMILES string of the molecule is CP(C)(=O)c1cccc(-c2cccc(-c3nc(-c4ccccc4)nc4c3ccc3ccccc34)c2)c1. The van der Waals surface area contributed by atoms with Crippen molar-refractivity contribution in [3.05, 3.63) is 115 Å². The van der Waals surface area contributed by atoms with Crippen LogP contribution in [0.25, 0.3) is 55.4 Å². The van der Waals surface area contributed by atoms with Gasteiger partial charge in [0.2, 0.25) is 0 Å². The van der Waals surface area contributed by atoms with Gasteiger partial charge in [0, 0.05) is 27.2 Å². The summed E-state index contributed by atoms with van der Waals surface area (Å²) in [5.41, 5.74) is 5.97. The fraction of sp³-hybridized carbons (Fsp3) is 0.0625. The minimum atomic E-state index is -2.35. The number of benzene rings is 5. The first-order valence-corrected chi connectivity index (χ1v) is 14.6. The van der Waals surface area contributed by atoms with E-state index in [9.17, 15) is 4.57 Å². The number of hydrogen-bond acceptors (Lipinski definition) is 3. The first-order chi connectivity index (χ1) is 17.5. The van der Waals surface area contributed by atoms with E-state index in [4.69, 9.17) is 9.97 Å². The van der Waals surface area contributed by atoms with Crippen LogP contribution in [-0.2, 0) is 4.57 Å². The second-order valence-corrected chi connectivity index (χ2v) is 12.6. The predicted molar refractivity (Wildman–Crippen MR) is 152 cm³/mol. The summed E-state index contributed by atoms with van der Waals surface area (Å²) in [4.78, 5) is 10.1. The molecule has 0 aliphatic carbocycles. The molecular weight excluding hydrogens is 459 g/mol. The number of nitrogens with zero attached hydrogens (tertiary/aromatic N) is 2. The Morgan fingerprint density at radius 1 is 0.556 bits per heavy atom. The minimum Gasteiger partial charge on any atom is -0.319 e. The average Bonchev–Trinajstić information content (AvgIpc) is 2.92. The van der Waals surface area contributed by atoms with Crippen molar-refractivity contribution in [2.24, 2.45) is 0 Å². The highest BCUT2D eigenvalue weighted by atomic mass is 31.2. The van der Waals surface area contributed by atoms with E-state index < -0.39 is 7.14 Å². The molecule has 5 aromatic carbocycles. The third kappa shape index (κ3) is 4.12. The lowest BCUT2D eigenvalue weighted by atomic mass is 9.98. The zero-order chi connectivity index (χ0) is 24.7. The molecule has 4 heteroatoms. The van der Waals surface area contributed by atoms with Crippen molar-refractivity contribution in [3.63, 3.8) is 0 Å². The molecule has 3 nitrogen and oxygen atoms in total. The lowest BCUT2D eigenvalue weighted by Gasteiger charge is -2.13. The Bertz CT molecular complexity index is 1790. The van der Waals surface area contributed by atoms with Gasteiger partial charge >= 0.3 is 0 Å². The van der Waals surface area contributed by atoms with Crippen LogP contribution in [-0.4, -0.2) is 23.3 Å². The quantitative estimate of drug-likeness (QED) is 0.188. The van der Waals surface area contributed by atoms with Gasteiger partial charge in [-0.05, 0) is 48.0 Å². The molecule has 0 atom stereocenters. The van der Waals surface area contributed by atoms with Crippen LogP contribution >= 0.6 is 7.14 Å². The second kappa shape index (κ2) is 8.86. The Morgan fingerprint density at radius 3 is 2.03 bits per heavy atom. The van der Waals surface area contributed by atoms with Gasteiger partial charge in [0.15, 0.2) is 5.82 Å². The molecule has 0 aliphatic rings. The largest absolute Gasteiger partial charge is 0.319 e. The zero-order valence-electron chi connectivity index (χ0n) is 20.2. The number of rotatable bonds is 4. The van der Waals surface area contributed by atoms with Gasteiger partial charge in [-0.15, -0.1) is 0 Å². The van der Waals surface area contributed by atoms with Crippen LogP contribution < -0.4 is 5.30 Å². The molecule has 6 aromatic rings. The third-order valence-electron chi connectivity index (χ3n) is 6.56. The fourth-order valence-corrected chi connectivity index (χ4v) is 5.56. The predicted octanol–water partition coefficient (Wildman–Crippen LogP) is 8.03. The van der Waals surface area contributed by atoms with E-state index in [0.29, 0.717) is 5.82 Å². The van der Waals surface area contributed by atoms with Gasteiger partial charge in [0.05, 0.1) is 11.2 Å². The molecule has 0 fully saturated rings. The molecule has 0 unspecified atom stereocenters. The molecule has 174 valence electrons. The molecule has 0 bridgehead atoms. The number of fused-ring (bicyclic) bond motifs is 3. The third-order valence-corrected chi connectivity index (χ3v) is 8.08. The summed E-state index contributed by atoms with van der Waals surface area (Å²) >= 11 is 0. The maximum Gasteiger partial charge on any atom is 0.160 e. The van der Waals surface area contributed by atoms with E-state index in [2.05, 4.69) is 66.7 Å². The van der Waals surface area contributed by atoms with Crippen LogP contribution in [0.5, 0.6) is 0 Å². The molecule has 1 heterocycles. The summed E-state index contributed by atoms with van der Waals surface area (Å²) in [6.45, 7) is 3.62. The van der Waals surface area contributed by atoms with Crippen molar-refractivity contribution in [1.29, 1.82) is 0 Å².